The van der Waals surface area contributed by atoms with Crippen molar-refractivity contribution >= 4 is 17.4 Å². The second-order valence-corrected chi connectivity index (χ2v) is 3.48. The number of halogens is 3. The fourth-order valence-corrected chi connectivity index (χ4v) is 1.14. The van der Waals surface area contributed by atoms with Gasteiger partial charge in [-0.3, -0.25) is 0 Å². The van der Waals surface area contributed by atoms with Crippen LogP contribution in [0.2, 0.25) is 5.15 Å². The molecule has 0 atom stereocenters. The lowest BCUT2D eigenvalue weighted by atomic mass is 10.2. The van der Waals surface area contributed by atoms with Crippen molar-refractivity contribution in [3.05, 3.63) is 11.0 Å². The third kappa shape index (κ3) is 2.89. The van der Waals surface area contributed by atoms with Gasteiger partial charge < -0.3 is 10.5 Å². The van der Waals surface area contributed by atoms with Gasteiger partial charge in [-0.1, -0.05) is 25.4 Å². The molecule has 0 radical (unpaired) electrons. The Bertz CT molecular complexity index is 337. The molecule has 0 fully saturated rings. The molecule has 1 rings (SSSR count). The predicted molar refractivity (Wildman–Crippen MR) is 52.2 cm³/mol. The van der Waals surface area contributed by atoms with E-state index in [4.69, 9.17) is 17.3 Å². The van der Waals surface area contributed by atoms with Crippen LogP contribution in [0.15, 0.2) is 0 Å². The molecule has 0 bridgehead atoms. The Morgan fingerprint density at radius 2 is 1.93 bits per heavy atom. The number of alkyl halides is 2. The molecule has 0 saturated carbocycles. The SMILES string of the molecule is CC(C)c1nc(N)c(OC(F)F)c(Cl)n1. The van der Waals surface area contributed by atoms with Crippen LogP contribution in [0.5, 0.6) is 5.75 Å². The van der Waals surface area contributed by atoms with Crippen molar-refractivity contribution < 1.29 is 13.5 Å². The summed E-state index contributed by atoms with van der Waals surface area (Å²) in [5.74, 6) is -0.167. The van der Waals surface area contributed by atoms with Crippen LogP contribution in [0.4, 0.5) is 14.6 Å². The molecule has 2 N–H and O–H groups in total. The van der Waals surface area contributed by atoms with E-state index in [0.29, 0.717) is 5.82 Å². The van der Waals surface area contributed by atoms with Gasteiger partial charge in [0.15, 0.2) is 11.0 Å². The van der Waals surface area contributed by atoms with E-state index in [9.17, 15) is 8.78 Å². The number of aromatic nitrogens is 2. The molecule has 0 amide bonds. The van der Waals surface area contributed by atoms with E-state index in [2.05, 4.69) is 14.7 Å². The van der Waals surface area contributed by atoms with Crippen molar-refractivity contribution in [2.24, 2.45) is 0 Å². The van der Waals surface area contributed by atoms with Gasteiger partial charge in [-0.2, -0.15) is 8.78 Å². The minimum Gasteiger partial charge on any atom is -0.428 e. The average molecular weight is 238 g/mol. The van der Waals surface area contributed by atoms with Gasteiger partial charge in [-0.25, -0.2) is 9.97 Å². The monoisotopic (exact) mass is 237 g/mol. The summed E-state index contributed by atoms with van der Waals surface area (Å²) in [6.07, 6.45) is 0. The van der Waals surface area contributed by atoms with Crippen LogP contribution in [0, 0.1) is 0 Å². The molecular formula is C8H10ClF2N3O. The van der Waals surface area contributed by atoms with Crippen LogP contribution in [0.25, 0.3) is 0 Å². The van der Waals surface area contributed by atoms with Crippen molar-refractivity contribution in [3.8, 4) is 5.75 Å². The zero-order valence-corrected chi connectivity index (χ0v) is 8.92. The topological polar surface area (TPSA) is 61.0 Å². The van der Waals surface area contributed by atoms with Gasteiger partial charge in [-0.15, -0.1) is 0 Å². The summed E-state index contributed by atoms with van der Waals surface area (Å²) < 4.78 is 28.0. The summed E-state index contributed by atoms with van der Waals surface area (Å²) in [7, 11) is 0. The number of nitrogens with zero attached hydrogens (tertiary/aromatic N) is 2. The number of ether oxygens (including phenoxy) is 1. The summed E-state index contributed by atoms with van der Waals surface area (Å²) >= 11 is 5.63. The van der Waals surface area contributed by atoms with Crippen LogP contribution in [-0.2, 0) is 0 Å². The highest BCUT2D eigenvalue weighted by Crippen LogP contribution is 2.30. The lowest BCUT2D eigenvalue weighted by Gasteiger charge is -2.11. The van der Waals surface area contributed by atoms with E-state index in [1.54, 1.807) is 0 Å². The van der Waals surface area contributed by atoms with Gasteiger partial charge in [0.05, 0.1) is 0 Å². The quantitative estimate of drug-likeness (QED) is 0.821. The van der Waals surface area contributed by atoms with Gasteiger partial charge in [-0.05, 0) is 0 Å². The molecule has 15 heavy (non-hydrogen) atoms. The molecule has 1 heterocycles. The smallest absolute Gasteiger partial charge is 0.387 e. The standard InChI is InChI=1S/C8H10ClF2N3O/c1-3(2)7-13-5(9)4(6(12)14-7)15-8(10)11/h3,8H,1-2H3,(H2,12,13,14). The molecule has 0 saturated heterocycles. The molecule has 1 aromatic rings. The first-order valence-corrected chi connectivity index (χ1v) is 4.57. The Hall–Kier alpha value is -1.17. The van der Waals surface area contributed by atoms with Gasteiger partial charge in [0, 0.05) is 5.92 Å². The summed E-state index contributed by atoms with van der Waals surface area (Å²) in [6, 6.07) is 0. The van der Waals surface area contributed by atoms with Gasteiger partial charge in [0.1, 0.15) is 5.82 Å². The Labute approximate surface area is 90.4 Å². The maximum Gasteiger partial charge on any atom is 0.387 e. The number of hydrogen-bond donors (Lipinski definition) is 1. The lowest BCUT2D eigenvalue weighted by Crippen LogP contribution is -2.09. The van der Waals surface area contributed by atoms with E-state index in [0.717, 1.165) is 0 Å². The Morgan fingerprint density at radius 1 is 1.33 bits per heavy atom. The third-order valence-corrected chi connectivity index (χ3v) is 1.85. The van der Waals surface area contributed by atoms with E-state index in [1.165, 1.54) is 0 Å². The number of rotatable bonds is 3. The second kappa shape index (κ2) is 4.57. The molecule has 0 spiro atoms. The van der Waals surface area contributed by atoms with Gasteiger partial charge >= 0.3 is 6.61 Å². The largest absolute Gasteiger partial charge is 0.428 e. The Morgan fingerprint density at radius 3 is 2.33 bits per heavy atom. The van der Waals surface area contributed by atoms with Gasteiger partial charge in [0.2, 0.25) is 5.75 Å². The summed E-state index contributed by atoms with van der Waals surface area (Å²) in [5.41, 5.74) is 5.41. The van der Waals surface area contributed by atoms with Crippen molar-refractivity contribution in [1.82, 2.24) is 9.97 Å². The molecule has 0 aliphatic carbocycles. The van der Waals surface area contributed by atoms with Gasteiger partial charge in [0.25, 0.3) is 0 Å². The minimum absolute atomic E-state index is 0.00500. The number of hydrogen-bond acceptors (Lipinski definition) is 4. The van der Waals surface area contributed by atoms with E-state index >= 15 is 0 Å². The molecule has 4 nitrogen and oxygen atoms in total. The molecule has 0 aromatic carbocycles. The fraction of sp³-hybridized carbons (Fsp3) is 0.500. The zero-order valence-electron chi connectivity index (χ0n) is 8.17. The van der Waals surface area contributed by atoms with Crippen molar-refractivity contribution in [2.45, 2.75) is 26.4 Å². The molecule has 1 aromatic heterocycles. The molecular weight excluding hydrogens is 228 g/mol. The summed E-state index contributed by atoms with van der Waals surface area (Å²) in [4.78, 5) is 7.61. The minimum atomic E-state index is -3.00. The molecule has 0 aliphatic rings. The third-order valence-electron chi connectivity index (χ3n) is 1.59. The Kier molecular flexibility index (Phi) is 3.62. The maximum atomic E-state index is 11.9. The first kappa shape index (κ1) is 11.9. The van der Waals surface area contributed by atoms with Crippen LogP contribution in [0.1, 0.15) is 25.6 Å². The van der Waals surface area contributed by atoms with Crippen LogP contribution < -0.4 is 10.5 Å². The van der Waals surface area contributed by atoms with Crippen molar-refractivity contribution in [3.63, 3.8) is 0 Å². The molecule has 0 aliphatic heterocycles. The number of nitrogens with two attached hydrogens (primary N) is 1. The highest BCUT2D eigenvalue weighted by atomic mass is 35.5. The first-order chi connectivity index (χ1) is 6.91. The zero-order chi connectivity index (χ0) is 11.6. The predicted octanol–water partition coefficient (Wildman–Crippen LogP) is 2.44. The fourth-order valence-electron chi connectivity index (χ4n) is 0.912. The highest BCUT2D eigenvalue weighted by molar-refractivity contribution is 6.31. The molecule has 0 unspecified atom stereocenters. The Balaban J connectivity index is 3.10. The normalized spacial score (nSPS) is 11.1. The molecule has 7 heteroatoms. The van der Waals surface area contributed by atoms with Crippen molar-refractivity contribution in [1.29, 1.82) is 0 Å². The summed E-state index contributed by atoms with van der Waals surface area (Å²) in [5, 5.41) is -0.202. The second-order valence-electron chi connectivity index (χ2n) is 3.12. The maximum absolute atomic E-state index is 11.9. The highest BCUT2D eigenvalue weighted by Gasteiger charge is 2.17. The molecule has 84 valence electrons. The first-order valence-electron chi connectivity index (χ1n) is 4.19. The van der Waals surface area contributed by atoms with Crippen LogP contribution in [0.3, 0.4) is 0 Å². The number of anilines is 1. The van der Waals surface area contributed by atoms with Crippen LogP contribution >= 0.6 is 11.6 Å². The number of nitrogen functional groups attached to an aromatic ring is 1. The van der Waals surface area contributed by atoms with E-state index in [1.807, 2.05) is 13.8 Å². The van der Waals surface area contributed by atoms with E-state index in [-0.39, 0.29) is 22.6 Å². The average Bonchev–Trinajstić information content (AvgIpc) is 2.10. The van der Waals surface area contributed by atoms with Crippen LogP contribution in [-0.4, -0.2) is 16.6 Å². The van der Waals surface area contributed by atoms with E-state index < -0.39 is 6.61 Å². The summed E-state index contributed by atoms with van der Waals surface area (Å²) in [6.45, 7) is 0.663. The van der Waals surface area contributed by atoms with Crippen molar-refractivity contribution in [2.75, 3.05) is 5.73 Å². The lowest BCUT2D eigenvalue weighted by molar-refractivity contribution is -0.0497.